The zero-order chi connectivity index (χ0) is 16.3. The minimum Gasteiger partial charge on any atom is -0.256 e. The van der Waals surface area contributed by atoms with Crippen LogP contribution in [0, 0.1) is 0 Å². The number of aromatic nitrogens is 1. The second-order valence-corrected chi connectivity index (χ2v) is 4.52. The molecule has 0 radical (unpaired) electrons. The molecule has 0 saturated heterocycles. The predicted octanol–water partition coefficient (Wildman–Crippen LogP) is 4.98. The van der Waals surface area contributed by atoms with E-state index in [1.54, 1.807) is 12.3 Å². The van der Waals surface area contributed by atoms with Crippen molar-refractivity contribution in [3.8, 4) is 22.4 Å². The van der Waals surface area contributed by atoms with E-state index in [1.807, 2.05) is 60.7 Å². The molecular weight excluding hydrogens is 242 g/mol. The molecule has 3 aromatic rings. The Balaban J connectivity index is 2.18. The van der Waals surface area contributed by atoms with E-state index in [-0.39, 0.29) is 6.90 Å². The molecule has 0 unspecified atom stereocenters. The second-order valence-electron chi connectivity index (χ2n) is 4.52. The van der Waals surface area contributed by atoms with Crippen LogP contribution in [0.25, 0.3) is 22.4 Å². The summed E-state index contributed by atoms with van der Waals surface area (Å²) in [7, 11) is 0. The van der Waals surface area contributed by atoms with Crippen LogP contribution in [0.2, 0.25) is 0 Å². The lowest BCUT2D eigenvalue weighted by atomic mass is 9.98. The van der Waals surface area contributed by atoms with E-state index in [4.69, 9.17) is 4.11 Å². The zero-order valence-corrected chi connectivity index (χ0v) is 11.1. The molecule has 1 aromatic heterocycles. The van der Waals surface area contributed by atoms with Gasteiger partial charge in [0.1, 0.15) is 0 Å². The first-order valence-electron chi connectivity index (χ1n) is 8.23. The highest BCUT2D eigenvalue weighted by Crippen LogP contribution is 2.27. The number of benzene rings is 2. The van der Waals surface area contributed by atoms with Gasteiger partial charge in [-0.2, -0.15) is 0 Å². The van der Waals surface area contributed by atoms with Crippen molar-refractivity contribution < 1.29 is 4.11 Å². The van der Waals surface area contributed by atoms with Gasteiger partial charge in [0.25, 0.3) is 0 Å². The van der Waals surface area contributed by atoms with Crippen LogP contribution in [0.5, 0.6) is 0 Å². The van der Waals surface area contributed by atoms with Gasteiger partial charge in [-0.1, -0.05) is 67.6 Å². The molecule has 0 saturated carbocycles. The average molecular weight is 262 g/mol. The van der Waals surface area contributed by atoms with Crippen LogP contribution in [-0.2, 0) is 6.37 Å². The van der Waals surface area contributed by atoms with Gasteiger partial charge >= 0.3 is 0 Å². The van der Waals surface area contributed by atoms with E-state index in [1.165, 1.54) is 0 Å². The van der Waals surface area contributed by atoms with Gasteiger partial charge in [0.05, 0.1) is 5.69 Å². The Labute approximate surface area is 124 Å². The van der Waals surface area contributed by atoms with Crippen LogP contribution in [-0.4, -0.2) is 4.98 Å². The molecule has 0 amide bonds. The predicted molar refractivity (Wildman–Crippen MR) is 84.5 cm³/mol. The number of nitrogens with zero attached hydrogens (tertiary/aromatic N) is 1. The smallest absolute Gasteiger partial charge is 0.0705 e. The Morgan fingerprint density at radius 2 is 1.60 bits per heavy atom. The van der Waals surface area contributed by atoms with E-state index < -0.39 is 6.37 Å². The van der Waals surface area contributed by atoms with Gasteiger partial charge in [-0.3, -0.25) is 4.98 Å². The number of hydrogen-bond donors (Lipinski definition) is 0. The molecule has 0 atom stereocenters. The Hall–Kier alpha value is -2.41. The fraction of sp³-hybridized carbons (Fsp3) is 0.105. The number of aryl methyl sites for hydroxylation is 1. The third kappa shape index (κ3) is 2.48. The Morgan fingerprint density at radius 1 is 0.950 bits per heavy atom. The summed E-state index contributed by atoms with van der Waals surface area (Å²) < 4.78 is 24.0. The summed E-state index contributed by atoms with van der Waals surface area (Å²) in [5, 5.41) is 0. The van der Waals surface area contributed by atoms with Gasteiger partial charge in [0, 0.05) is 21.4 Å². The van der Waals surface area contributed by atoms with Crippen molar-refractivity contribution >= 4 is 0 Å². The van der Waals surface area contributed by atoms with E-state index in [2.05, 4.69) is 4.98 Å². The summed E-state index contributed by atoms with van der Waals surface area (Å²) in [5.41, 5.74) is 3.81. The van der Waals surface area contributed by atoms with E-state index in [9.17, 15) is 0 Å². The SMILES string of the molecule is [2H]CC([2H])([2H])c1cc(-c2ccccc2)ncc1-c1ccccc1. The molecule has 98 valence electrons. The summed E-state index contributed by atoms with van der Waals surface area (Å²) in [6.07, 6.45) is -0.0157. The summed E-state index contributed by atoms with van der Waals surface area (Å²) >= 11 is 0. The van der Waals surface area contributed by atoms with Gasteiger partial charge in [-0.05, 0) is 23.6 Å². The summed E-state index contributed by atoms with van der Waals surface area (Å²) in [4.78, 5) is 4.51. The number of rotatable bonds is 3. The standard InChI is InChI=1S/C19H17N/c1-2-15-13-19(17-11-7-4-8-12-17)20-14-18(15)16-9-5-3-6-10-16/h3-14H,2H2,1H3/i1D,2D2. The molecule has 1 heterocycles. The minimum atomic E-state index is -1.72. The lowest BCUT2D eigenvalue weighted by Gasteiger charge is -2.10. The molecule has 1 nitrogen and oxygen atoms in total. The van der Waals surface area contributed by atoms with Crippen molar-refractivity contribution in [2.75, 3.05) is 0 Å². The lowest BCUT2D eigenvalue weighted by molar-refractivity contribution is 1.12. The molecule has 3 rings (SSSR count). The molecule has 2 aromatic carbocycles. The number of hydrogen-bond acceptors (Lipinski definition) is 1. The van der Waals surface area contributed by atoms with Crippen LogP contribution < -0.4 is 0 Å². The maximum Gasteiger partial charge on any atom is 0.0705 e. The highest BCUT2D eigenvalue weighted by Gasteiger charge is 2.07. The Bertz CT molecular complexity index is 786. The van der Waals surface area contributed by atoms with E-state index in [0.29, 0.717) is 5.56 Å². The summed E-state index contributed by atoms with van der Waals surface area (Å²) in [6.45, 7) is -0.328. The van der Waals surface area contributed by atoms with Gasteiger partial charge in [-0.25, -0.2) is 0 Å². The monoisotopic (exact) mass is 262 g/mol. The van der Waals surface area contributed by atoms with Gasteiger partial charge in [0.2, 0.25) is 0 Å². The minimum absolute atomic E-state index is 0.328. The third-order valence-corrected chi connectivity index (χ3v) is 3.25. The molecule has 0 N–H and O–H groups in total. The van der Waals surface area contributed by atoms with Crippen LogP contribution in [0.3, 0.4) is 0 Å². The second kappa shape index (κ2) is 5.70. The topological polar surface area (TPSA) is 12.9 Å². The highest BCUT2D eigenvalue weighted by molar-refractivity contribution is 5.70. The molecule has 20 heavy (non-hydrogen) atoms. The molecule has 0 aliphatic heterocycles. The Kier molecular flexibility index (Phi) is 2.71. The first kappa shape index (κ1) is 9.49. The Morgan fingerprint density at radius 3 is 2.25 bits per heavy atom. The lowest BCUT2D eigenvalue weighted by Crippen LogP contribution is -1.92. The molecule has 1 heteroatoms. The van der Waals surface area contributed by atoms with Crippen molar-refractivity contribution in [3.05, 3.63) is 78.5 Å². The maximum absolute atomic E-state index is 8.22. The molecule has 0 fully saturated rings. The van der Waals surface area contributed by atoms with Crippen molar-refractivity contribution in [1.82, 2.24) is 4.98 Å². The van der Waals surface area contributed by atoms with Crippen molar-refractivity contribution in [2.24, 2.45) is 0 Å². The average Bonchev–Trinajstić information content (AvgIpc) is 2.62. The largest absolute Gasteiger partial charge is 0.256 e. The molecule has 0 bridgehead atoms. The van der Waals surface area contributed by atoms with Gasteiger partial charge in [-0.15, -0.1) is 0 Å². The zero-order valence-electron chi connectivity index (χ0n) is 14.1. The molecule has 0 aliphatic carbocycles. The first-order valence-corrected chi connectivity index (χ1v) is 6.52. The van der Waals surface area contributed by atoms with Crippen LogP contribution in [0.1, 0.15) is 16.6 Å². The first-order chi connectivity index (χ1) is 11.1. The normalized spacial score (nSPS) is 13.3. The van der Waals surface area contributed by atoms with Gasteiger partial charge in [0.15, 0.2) is 0 Å². The van der Waals surface area contributed by atoms with Crippen molar-refractivity contribution in [2.45, 2.75) is 13.3 Å². The van der Waals surface area contributed by atoms with Crippen LogP contribution in [0.4, 0.5) is 0 Å². The summed E-state index contributed by atoms with van der Waals surface area (Å²) in [6, 6.07) is 21.1. The number of pyridine rings is 1. The third-order valence-electron chi connectivity index (χ3n) is 3.25. The van der Waals surface area contributed by atoms with Crippen LogP contribution in [0.15, 0.2) is 72.9 Å². The van der Waals surface area contributed by atoms with Crippen LogP contribution >= 0.6 is 0 Å². The quantitative estimate of drug-likeness (QED) is 0.649. The fourth-order valence-electron chi connectivity index (χ4n) is 2.22. The fourth-order valence-corrected chi connectivity index (χ4v) is 2.22. The molecule has 0 aliphatic rings. The van der Waals surface area contributed by atoms with Crippen molar-refractivity contribution in [1.29, 1.82) is 0 Å². The van der Waals surface area contributed by atoms with Gasteiger partial charge < -0.3 is 0 Å². The highest BCUT2D eigenvalue weighted by atomic mass is 14.7. The molecule has 0 spiro atoms. The van der Waals surface area contributed by atoms with E-state index >= 15 is 0 Å². The summed E-state index contributed by atoms with van der Waals surface area (Å²) in [5.74, 6) is 0. The van der Waals surface area contributed by atoms with Crippen molar-refractivity contribution in [3.63, 3.8) is 0 Å². The maximum atomic E-state index is 8.22. The van der Waals surface area contributed by atoms with E-state index in [0.717, 1.165) is 22.4 Å². The molecular formula is C19H17N.